The number of carbonyl (C=O) groups is 1. The van der Waals surface area contributed by atoms with Crippen molar-refractivity contribution in [3.63, 3.8) is 0 Å². The molecule has 1 fully saturated rings. The predicted octanol–water partition coefficient (Wildman–Crippen LogP) is 2.57. The molecule has 0 saturated carbocycles. The molecule has 0 aliphatic carbocycles. The Morgan fingerprint density at radius 3 is 2.66 bits per heavy atom. The van der Waals surface area contributed by atoms with Crippen molar-refractivity contribution in [2.45, 2.75) is 6.42 Å². The summed E-state index contributed by atoms with van der Waals surface area (Å²) in [5, 5.41) is 9.37. The van der Waals surface area contributed by atoms with E-state index in [-0.39, 0.29) is 23.6 Å². The number of thiocarbonyl (C=S) groups is 1. The number of fused-ring (bicyclic) bond motifs is 1. The number of hydrogen-bond acceptors (Lipinski definition) is 7. The number of aromatic nitrogens is 2. The fourth-order valence-electron chi connectivity index (χ4n) is 3.47. The highest BCUT2D eigenvalue weighted by atomic mass is 32.2. The van der Waals surface area contributed by atoms with Crippen LogP contribution in [0.1, 0.15) is 11.1 Å². The number of thioether (sulfide) groups is 1. The standard InChI is InChI=1S/C23H22N4O3S2/c1-25(13-14-28)20-17(21(29)26-11-6-5-9-19(26)24-20)15-18-22(30)27(23(31)32-18)12-10-16-7-3-2-4-8-16/h2-9,11,15,28H,10,12-14H2,1H3. The van der Waals surface area contributed by atoms with Crippen LogP contribution in [0.4, 0.5) is 5.82 Å². The van der Waals surface area contributed by atoms with E-state index in [4.69, 9.17) is 12.2 Å². The molecule has 0 atom stereocenters. The number of amides is 1. The van der Waals surface area contributed by atoms with Gasteiger partial charge >= 0.3 is 0 Å². The molecule has 4 rings (SSSR count). The second-order valence-electron chi connectivity index (χ2n) is 7.30. The second-order valence-corrected chi connectivity index (χ2v) is 8.97. The number of aliphatic hydroxyl groups is 1. The first kappa shape index (κ1) is 22.2. The van der Waals surface area contributed by atoms with Gasteiger partial charge in [-0.25, -0.2) is 4.98 Å². The molecular weight excluding hydrogens is 444 g/mol. The van der Waals surface area contributed by atoms with Crippen molar-refractivity contribution >= 4 is 51.7 Å². The van der Waals surface area contributed by atoms with E-state index in [9.17, 15) is 14.7 Å². The van der Waals surface area contributed by atoms with Gasteiger partial charge in [-0.1, -0.05) is 60.4 Å². The summed E-state index contributed by atoms with van der Waals surface area (Å²) in [5.41, 5.74) is 1.61. The molecule has 1 amide bonds. The lowest BCUT2D eigenvalue weighted by molar-refractivity contribution is -0.122. The van der Waals surface area contributed by atoms with E-state index in [1.807, 2.05) is 30.3 Å². The van der Waals surface area contributed by atoms with Crippen molar-refractivity contribution < 1.29 is 9.90 Å². The highest BCUT2D eigenvalue weighted by Crippen LogP contribution is 2.33. The third-order valence-corrected chi connectivity index (χ3v) is 6.54. The lowest BCUT2D eigenvalue weighted by atomic mass is 10.1. The molecule has 1 N–H and O–H groups in total. The van der Waals surface area contributed by atoms with Gasteiger partial charge in [0.25, 0.3) is 11.5 Å². The van der Waals surface area contributed by atoms with Gasteiger partial charge in [0.05, 0.1) is 17.1 Å². The number of pyridine rings is 1. The summed E-state index contributed by atoms with van der Waals surface area (Å²) in [6, 6.07) is 15.2. The summed E-state index contributed by atoms with van der Waals surface area (Å²) in [4.78, 5) is 34.6. The first-order chi connectivity index (χ1) is 15.5. The van der Waals surface area contributed by atoms with Crippen LogP contribution in [0.15, 0.2) is 64.4 Å². The molecule has 1 aliphatic rings. The third-order valence-electron chi connectivity index (χ3n) is 5.16. The summed E-state index contributed by atoms with van der Waals surface area (Å²) < 4.78 is 1.91. The van der Waals surface area contributed by atoms with Crippen LogP contribution in [0.25, 0.3) is 11.7 Å². The topological polar surface area (TPSA) is 78.2 Å². The molecule has 0 radical (unpaired) electrons. The largest absolute Gasteiger partial charge is 0.395 e. The maximum atomic E-state index is 13.2. The minimum atomic E-state index is -0.287. The van der Waals surface area contributed by atoms with Gasteiger partial charge in [0.1, 0.15) is 15.8 Å². The summed E-state index contributed by atoms with van der Waals surface area (Å²) in [6.45, 7) is 0.681. The van der Waals surface area contributed by atoms with Gasteiger partial charge in [0.15, 0.2) is 0 Å². The zero-order valence-corrected chi connectivity index (χ0v) is 19.1. The molecule has 9 heteroatoms. The Hall–Kier alpha value is -3.01. The van der Waals surface area contributed by atoms with E-state index in [1.54, 1.807) is 47.3 Å². The van der Waals surface area contributed by atoms with Gasteiger partial charge in [0, 0.05) is 26.3 Å². The van der Waals surface area contributed by atoms with Gasteiger partial charge in [-0.15, -0.1) is 0 Å². The minimum absolute atomic E-state index is 0.0899. The Morgan fingerprint density at radius 2 is 1.91 bits per heavy atom. The van der Waals surface area contributed by atoms with E-state index < -0.39 is 0 Å². The number of rotatable bonds is 7. The lowest BCUT2D eigenvalue weighted by Gasteiger charge is -2.19. The molecule has 3 heterocycles. The zero-order chi connectivity index (χ0) is 22.7. The SMILES string of the molecule is CN(CCO)c1nc2ccccn2c(=O)c1C=C1SC(=S)N(CCc2ccccc2)C1=O. The molecule has 0 spiro atoms. The zero-order valence-electron chi connectivity index (χ0n) is 17.5. The van der Waals surface area contributed by atoms with Gasteiger partial charge in [-0.2, -0.15) is 0 Å². The molecule has 2 aromatic heterocycles. The van der Waals surface area contributed by atoms with Crippen molar-refractivity contribution in [2.75, 3.05) is 31.6 Å². The molecule has 164 valence electrons. The number of anilines is 1. The van der Waals surface area contributed by atoms with Gasteiger partial charge < -0.3 is 10.0 Å². The van der Waals surface area contributed by atoms with E-state index in [0.717, 1.165) is 5.56 Å². The molecule has 0 unspecified atom stereocenters. The van der Waals surface area contributed by atoms with Crippen molar-refractivity contribution in [1.29, 1.82) is 0 Å². The molecule has 3 aromatic rings. The fraction of sp³-hybridized carbons (Fsp3) is 0.217. The van der Waals surface area contributed by atoms with E-state index in [1.165, 1.54) is 16.2 Å². The fourth-order valence-corrected chi connectivity index (χ4v) is 4.76. The van der Waals surface area contributed by atoms with Crippen molar-refractivity contribution in [3.8, 4) is 0 Å². The third kappa shape index (κ3) is 4.45. The molecule has 1 aromatic carbocycles. The molecule has 1 aliphatic heterocycles. The average Bonchev–Trinajstić information content (AvgIpc) is 3.07. The number of nitrogens with zero attached hydrogens (tertiary/aromatic N) is 4. The smallest absolute Gasteiger partial charge is 0.267 e. The quantitative estimate of drug-likeness (QED) is 0.424. The molecular formula is C23H22N4O3S2. The van der Waals surface area contributed by atoms with Crippen LogP contribution in [0, 0.1) is 0 Å². The van der Waals surface area contributed by atoms with Crippen LogP contribution in [0.3, 0.4) is 0 Å². The number of aliphatic hydroxyl groups excluding tert-OH is 1. The maximum absolute atomic E-state index is 13.2. The van der Waals surface area contributed by atoms with Crippen LogP contribution < -0.4 is 10.5 Å². The molecule has 1 saturated heterocycles. The summed E-state index contributed by atoms with van der Waals surface area (Å²) in [7, 11) is 1.75. The van der Waals surface area contributed by atoms with E-state index in [0.29, 0.717) is 40.2 Å². The van der Waals surface area contributed by atoms with Crippen molar-refractivity contribution in [3.05, 3.63) is 81.1 Å². The van der Waals surface area contributed by atoms with Gasteiger partial charge in [0.2, 0.25) is 0 Å². The van der Waals surface area contributed by atoms with Crippen molar-refractivity contribution in [2.24, 2.45) is 0 Å². The Bertz CT molecular complexity index is 1260. The minimum Gasteiger partial charge on any atom is -0.395 e. The number of benzene rings is 1. The Morgan fingerprint density at radius 1 is 1.16 bits per heavy atom. The molecule has 32 heavy (non-hydrogen) atoms. The Kier molecular flexibility index (Phi) is 6.69. The van der Waals surface area contributed by atoms with Gasteiger partial charge in [-0.05, 0) is 30.2 Å². The number of likely N-dealkylation sites (N-methyl/N-ethyl adjacent to an activating group) is 1. The monoisotopic (exact) mass is 466 g/mol. The van der Waals surface area contributed by atoms with Gasteiger partial charge in [-0.3, -0.25) is 18.9 Å². The summed E-state index contributed by atoms with van der Waals surface area (Å²) >= 11 is 6.63. The van der Waals surface area contributed by atoms with Crippen LogP contribution in [-0.2, 0) is 11.2 Å². The highest BCUT2D eigenvalue weighted by molar-refractivity contribution is 8.26. The van der Waals surface area contributed by atoms with E-state index in [2.05, 4.69) is 4.98 Å². The first-order valence-corrected chi connectivity index (χ1v) is 11.3. The normalized spacial score (nSPS) is 15.2. The molecule has 0 bridgehead atoms. The maximum Gasteiger partial charge on any atom is 0.267 e. The first-order valence-electron chi connectivity index (χ1n) is 10.1. The average molecular weight is 467 g/mol. The van der Waals surface area contributed by atoms with Crippen LogP contribution in [0.2, 0.25) is 0 Å². The van der Waals surface area contributed by atoms with Crippen molar-refractivity contribution in [1.82, 2.24) is 14.3 Å². The van der Waals surface area contributed by atoms with Crippen LogP contribution in [-0.4, -0.2) is 56.4 Å². The predicted molar refractivity (Wildman–Crippen MR) is 132 cm³/mol. The number of hydrogen-bond donors (Lipinski definition) is 1. The lowest BCUT2D eigenvalue weighted by Crippen LogP contribution is -2.30. The highest BCUT2D eigenvalue weighted by Gasteiger charge is 2.32. The Balaban J connectivity index is 1.69. The van der Waals surface area contributed by atoms with Crippen LogP contribution in [0.5, 0.6) is 0 Å². The number of carbonyl (C=O) groups excluding carboxylic acids is 1. The molecule has 7 nitrogen and oxygen atoms in total. The van der Waals surface area contributed by atoms with Crippen LogP contribution >= 0.6 is 24.0 Å². The second kappa shape index (κ2) is 9.64. The summed E-state index contributed by atoms with van der Waals surface area (Å²) in [6.07, 6.45) is 3.90. The summed E-state index contributed by atoms with van der Waals surface area (Å²) in [5.74, 6) is 0.189. The Labute approximate surface area is 195 Å². The van der Waals surface area contributed by atoms with E-state index >= 15 is 0 Å².